The lowest BCUT2D eigenvalue weighted by Crippen LogP contribution is -2.29. The van der Waals surface area contributed by atoms with Gasteiger partial charge in [-0.05, 0) is 25.3 Å². The first-order valence-corrected chi connectivity index (χ1v) is 5.10. The van der Waals surface area contributed by atoms with Crippen LogP contribution in [0.4, 0.5) is 8.78 Å². The molecule has 2 atom stereocenters. The second kappa shape index (κ2) is 5.03. The van der Waals surface area contributed by atoms with Gasteiger partial charge in [-0.3, -0.25) is 0 Å². The highest BCUT2D eigenvalue weighted by Gasteiger charge is 2.31. The van der Waals surface area contributed by atoms with Crippen molar-refractivity contribution in [1.82, 2.24) is 4.90 Å². The third-order valence-corrected chi connectivity index (χ3v) is 2.91. The van der Waals surface area contributed by atoms with E-state index in [-0.39, 0.29) is 12.5 Å². The van der Waals surface area contributed by atoms with E-state index in [2.05, 4.69) is 23.5 Å². The Balaban J connectivity index is 2.31. The molecular formula is C10H19F2NO. The number of hydrogen-bond donors (Lipinski definition) is 0. The van der Waals surface area contributed by atoms with Gasteiger partial charge in [0.1, 0.15) is 0 Å². The van der Waals surface area contributed by atoms with E-state index in [9.17, 15) is 8.78 Å². The molecule has 0 aromatic heterocycles. The highest BCUT2D eigenvalue weighted by atomic mass is 19.3. The van der Waals surface area contributed by atoms with E-state index in [1.54, 1.807) is 0 Å². The fourth-order valence-corrected chi connectivity index (χ4v) is 2.25. The first-order chi connectivity index (χ1) is 6.50. The average molecular weight is 207 g/mol. The standard InChI is InChI=1S/C10H19F2NO/c1-7(2)9-4-8(5-13(9)3)6-14-10(11)12/h7-10H,4-6H2,1-3H3/t8?,9-/m0/s1. The van der Waals surface area contributed by atoms with E-state index in [1.165, 1.54) is 0 Å². The molecule has 0 aliphatic carbocycles. The molecule has 1 aliphatic heterocycles. The molecule has 1 unspecified atom stereocenters. The van der Waals surface area contributed by atoms with Gasteiger partial charge < -0.3 is 9.64 Å². The van der Waals surface area contributed by atoms with Crippen molar-refractivity contribution >= 4 is 0 Å². The predicted molar refractivity (Wildman–Crippen MR) is 51.3 cm³/mol. The van der Waals surface area contributed by atoms with E-state index in [1.807, 2.05) is 7.05 Å². The van der Waals surface area contributed by atoms with Crippen LogP contribution in [0.2, 0.25) is 0 Å². The van der Waals surface area contributed by atoms with Crippen LogP contribution in [0.1, 0.15) is 20.3 Å². The Hall–Kier alpha value is -0.220. The van der Waals surface area contributed by atoms with Crippen LogP contribution in [0.3, 0.4) is 0 Å². The van der Waals surface area contributed by atoms with Crippen molar-refractivity contribution in [1.29, 1.82) is 0 Å². The van der Waals surface area contributed by atoms with Gasteiger partial charge in [-0.25, -0.2) is 0 Å². The van der Waals surface area contributed by atoms with Gasteiger partial charge in [0.15, 0.2) is 0 Å². The average Bonchev–Trinajstić information content (AvgIpc) is 2.43. The largest absolute Gasteiger partial charge is 0.345 e. The lowest BCUT2D eigenvalue weighted by molar-refractivity contribution is -0.137. The summed E-state index contributed by atoms with van der Waals surface area (Å²) in [6.07, 6.45) is 0.973. The number of ether oxygens (including phenoxy) is 1. The van der Waals surface area contributed by atoms with Gasteiger partial charge in [0.2, 0.25) is 0 Å². The topological polar surface area (TPSA) is 12.5 Å². The molecule has 0 radical (unpaired) electrons. The monoisotopic (exact) mass is 207 g/mol. The zero-order valence-electron chi connectivity index (χ0n) is 9.04. The number of halogens is 2. The fourth-order valence-electron chi connectivity index (χ4n) is 2.25. The zero-order valence-corrected chi connectivity index (χ0v) is 9.04. The Morgan fingerprint density at radius 2 is 2.07 bits per heavy atom. The molecule has 1 fully saturated rings. The van der Waals surface area contributed by atoms with E-state index in [4.69, 9.17) is 0 Å². The lowest BCUT2D eigenvalue weighted by Gasteiger charge is -2.22. The molecule has 14 heavy (non-hydrogen) atoms. The summed E-state index contributed by atoms with van der Waals surface area (Å²) in [5, 5.41) is 0. The Bertz CT molecular complexity index is 176. The van der Waals surface area contributed by atoms with E-state index < -0.39 is 6.61 Å². The molecule has 84 valence electrons. The van der Waals surface area contributed by atoms with Gasteiger partial charge >= 0.3 is 6.61 Å². The van der Waals surface area contributed by atoms with Crippen LogP contribution in [0.5, 0.6) is 0 Å². The second-order valence-corrected chi connectivity index (χ2v) is 4.45. The smallest absolute Gasteiger partial charge is 0.323 e. The predicted octanol–water partition coefficient (Wildman–Crippen LogP) is 2.20. The summed E-state index contributed by atoms with van der Waals surface area (Å²) in [6.45, 7) is 2.76. The van der Waals surface area contributed by atoms with E-state index >= 15 is 0 Å². The molecule has 1 heterocycles. The van der Waals surface area contributed by atoms with Crippen LogP contribution in [-0.2, 0) is 4.74 Å². The normalized spacial score (nSPS) is 29.4. The van der Waals surface area contributed by atoms with E-state index in [0.717, 1.165) is 13.0 Å². The Labute approximate surface area is 84.2 Å². The van der Waals surface area contributed by atoms with Crippen molar-refractivity contribution in [3.05, 3.63) is 0 Å². The number of likely N-dealkylation sites (tertiary alicyclic amines) is 1. The quantitative estimate of drug-likeness (QED) is 0.700. The van der Waals surface area contributed by atoms with Crippen molar-refractivity contribution < 1.29 is 13.5 Å². The summed E-state index contributed by atoms with van der Waals surface area (Å²) < 4.78 is 28.0. The first kappa shape index (κ1) is 11.9. The van der Waals surface area contributed by atoms with Crippen LogP contribution in [0.25, 0.3) is 0 Å². The third kappa shape index (κ3) is 3.17. The van der Waals surface area contributed by atoms with Crippen LogP contribution >= 0.6 is 0 Å². The molecule has 0 saturated carbocycles. The highest BCUT2D eigenvalue weighted by Crippen LogP contribution is 2.27. The summed E-state index contributed by atoms with van der Waals surface area (Å²) in [5.41, 5.74) is 0. The SMILES string of the molecule is CC(C)[C@@H]1CC(COC(F)F)CN1C. The van der Waals surface area contributed by atoms with Crippen LogP contribution in [0, 0.1) is 11.8 Å². The lowest BCUT2D eigenvalue weighted by atomic mass is 9.98. The first-order valence-electron chi connectivity index (χ1n) is 5.10. The van der Waals surface area contributed by atoms with Gasteiger partial charge in [0.05, 0.1) is 6.61 Å². The van der Waals surface area contributed by atoms with Gasteiger partial charge in [-0.2, -0.15) is 8.78 Å². The molecule has 0 bridgehead atoms. The van der Waals surface area contributed by atoms with Crippen molar-refractivity contribution in [2.45, 2.75) is 32.9 Å². The Morgan fingerprint density at radius 1 is 1.43 bits per heavy atom. The number of alkyl halides is 2. The third-order valence-electron chi connectivity index (χ3n) is 2.91. The van der Waals surface area contributed by atoms with Gasteiger partial charge in [-0.1, -0.05) is 13.8 Å². The summed E-state index contributed by atoms with van der Waals surface area (Å²) in [7, 11) is 2.05. The molecule has 4 heteroatoms. The molecule has 0 aromatic rings. The Kier molecular flexibility index (Phi) is 4.26. The van der Waals surface area contributed by atoms with Gasteiger partial charge in [0, 0.05) is 12.6 Å². The van der Waals surface area contributed by atoms with Gasteiger partial charge in [0.25, 0.3) is 0 Å². The summed E-state index contributed by atoms with van der Waals surface area (Å²) in [4.78, 5) is 2.24. The molecule has 1 saturated heterocycles. The van der Waals surface area contributed by atoms with Crippen molar-refractivity contribution in [2.75, 3.05) is 20.2 Å². The second-order valence-electron chi connectivity index (χ2n) is 4.45. The summed E-state index contributed by atoms with van der Waals surface area (Å²) in [6, 6.07) is 0.515. The number of nitrogens with zero attached hydrogens (tertiary/aromatic N) is 1. The van der Waals surface area contributed by atoms with Crippen LogP contribution < -0.4 is 0 Å². The highest BCUT2D eigenvalue weighted by molar-refractivity contribution is 4.84. The molecule has 0 amide bonds. The molecule has 2 nitrogen and oxygen atoms in total. The van der Waals surface area contributed by atoms with Gasteiger partial charge in [-0.15, -0.1) is 0 Å². The maximum Gasteiger partial charge on any atom is 0.345 e. The summed E-state index contributed by atoms with van der Waals surface area (Å²) in [5.74, 6) is 0.845. The maximum atomic E-state index is 11.8. The Morgan fingerprint density at radius 3 is 2.50 bits per heavy atom. The molecule has 0 N–H and O–H groups in total. The minimum Gasteiger partial charge on any atom is -0.323 e. The zero-order chi connectivity index (χ0) is 10.7. The van der Waals surface area contributed by atoms with Crippen LogP contribution in [-0.4, -0.2) is 37.8 Å². The molecule has 0 aromatic carbocycles. The minimum atomic E-state index is -2.63. The number of hydrogen-bond acceptors (Lipinski definition) is 2. The fraction of sp³-hybridized carbons (Fsp3) is 1.00. The molecule has 1 rings (SSSR count). The van der Waals surface area contributed by atoms with Crippen molar-refractivity contribution in [2.24, 2.45) is 11.8 Å². The molecule has 0 spiro atoms. The summed E-state index contributed by atoms with van der Waals surface area (Å²) >= 11 is 0. The molecular weight excluding hydrogens is 188 g/mol. The molecule has 1 aliphatic rings. The van der Waals surface area contributed by atoms with Crippen molar-refractivity contribution in [3.8, 4) is 0 Å². The van der Waals surface area contributed by atoms with Crippen LogP contribution in [0.15, 0.2) is 0 Å². The van der Waals surface area contributed by atoms with Crippen molar-refractivity contribution in [3.63, 3.8) is 0 Å². The minimum absolute atomic E-state index is 0.186. The maximum absolute atomic E-state index is 11.8. The van der Waals surface area contributed by atoms with E-state index in [0.29, 0.717) is 12.0 Å². The number of rotatable bonds is 4.